The van der Waals surface area contributed by atoms with Gasteiger partial charge in [0.2, 0.25) is 0 Å². The highest BCUT2D eigenvalue weighted by Crippen LogP contribution is 2.40. The highest BCUT2D eigenvalue weighted by molar-refractivity contribution is 6.33. The molecule has 32 heavy (non-hydrogen) atoms. The molecule has 2 heterocycles. The van der Waals surface area contributed by atoms with Gasteiger partial charge in [0, 0.05) is 43.9 Å². The third-order valence-electron chi connectivity index (χ3n) is 6.13. The van der Waals surface area contributed by atoms with Crippen molar-refractivity contribution in [1.29, 1.82) is 0 Å². The Morgan fingerprint density at radius 1 is 1.31 bits per heavy atom. The van der Waals surface area contributed by atoms with E-state index in [-0.39, 0.29) is 42.0 Å². The molecule has 0 saturated carbocycles. The van der Waals surface area contributed by atoms with E-state index in [0.717, 1.165) is 0 Å². The standard InChI is InChI=1S/C23H36ClN3O5/c1-15(2)25(8)19(29)16-12-27(18(28)11-17(16)24)14-23(31)9-10-26(13-22(23,6)7)20(30)32-21(3,4)5/h11-12,15,31H,9-10,13-14H2,1-8H3. The summed E-state index contributed by atoms with van der Waals surface area (Å²) in [6, 6.07) is 1.16. The summed E-state index contributed by atoms with van der Waals surface area (Å²) in [6.07, 6.45) is 1.24. The van der Waals surface area contributed by atoms with Crippen molar-refractivity contribution in [2.75, 3.05) is 20.1 Å². The summed E-state index contributed by atoms with van der Waals surface area (Å²) < 4.78 is 6.80. The molecule has 0 bridgehead atoms. The fourth-order valence-corrected chi connectivity index (χ4v) is 3.90. The molecular formula is C23H36ClN3O5. The van der Waals surface area contributed by atoms with Gasteiger partial charge >= 0.3 is 6.09 Å². The second kappa shape index (κ2) is 9.06. The fourth-order valence-electron chi connectivity index (χ4n) is 3.67. The average molecular weight is 470 g/mol. The number of pyridine rings is 1. The summed E-state index contributed by atoms with van der Waals surface area (Å²) in [5, 5.41) is 11.6. The number of piperidine rings is 1. The molecule has 0 aliphatic carbocycles. The summed E-state index contributed by atoms with van der Waals surface area (Å²) in [5.74, 6) is -0.301. The SMILES string of the molecule is CC(C)N(C)C(=O)c1cn(CC2(O)CCN(C(=O)OC(C)(C)C)CC2(C)C)c(=O)cc1Cl. The Bertz CT molecular complexity index is 935. The first-order valence-corrected chi connectivity index (χ1v) is 11.2. The van der Waals surface area contributed by atoms with Crippen LogP contribution >= 0.6 is 11.6 Å². The number of amides is 2. The van der Waals surface area contributed by atoms with Crippen molar-refractivity contribution in [3.63, 3.8) is 0 Å². The molecule has 1 unspecified atom stereocenters. The van der Waals surface area contributed by atoms with Crippen molar-refractivity contribution < 1.29 is 19.4 Å². The second-order valence-electron chi connectivity index (χ2n) is 10.6. The maximum absolute atomic E-state index is 12.8. The minimum atomic E-state index is -1.28. The van der Waals surface area contributed by atoms with E-state index in [9.17, 15) is 19.5 Å². The number of aliphatic hydroxyl groups is 1. The predicted molar refractivity (Wildman–Crippen MR) is 124 cm³/mol. The lowest BCUT2D eigenvalue weighted by atomic mass is 9.70. The van der Waals surface area contributed by atoms with Crippen molar-refractivity contribution in [1.82, 2.24) is 14.4 Å². The third kappa shape index (κ3) is 5.64. The van der Waals surface area contributed by atoms with Gasteiger partial charge in [-0.1, -0.05) is 25.4 Å². The molecule has 0 spiro atoms. The van der Waals surface area contributed by atoms with E-state index in [1.54, 1.807) is 32.7 Å². The normalized spacial score (nSPS) is 20.9. The predicted octanol–water partition coefficient (Wildman–Crippen LogP) is 3.38. The van der Waals surface area contributed by atoms with E-state index in [1.165, 1.54) is 21.7 Å². The molecule has 0 radical (unpaired) electrons. The van der Waals surface area contributed by atoms with Gasteiger partial charge in [0.25, 0.3) is 11.5 Å². The first-order chi connectivity index (χ1) is 14.5. The quantitative estimate of drug-likeness (QED) is 0.729. The van der Waals surface area contributed by atoms with Crippen LogP contribution in [0.4, 0.5) is 4.79 Å². The molecule has 1 saturated heterocycles. The lowest BCUT2D eigenvalue weighted by molar-refractivity contribution is -0.126. The number of carbonyl (C=O) groups is 2. The van der Waals surface area contributed by atoms with E-state index in [0.29, 0.717) is 6.54 Å². The van der Waals surface area contributed by atoms with Crippen LogP contribution in [0.2, 0.25) is 5.02 Å². The number of aromatic nitrogens is 1. The number of hydrogen-bond acceptors (Lipinski definition) is 5. The molecule has 1 aliphatic rings. The molecule has 1 N–H and O–H groups in total. The molecular weight excluding hydrogens is 434 g/mol. The number of carbonyl (C=O) groups excluding carboxylic acids is 2. The van der Waals surface area contributed by atoms with Crippen LogP contribution in [0.1, 0.15) is 65.2 Å². The average Bonchev–Trinajstić information content (AvgIpc) is 2.63. The smallest absolute Gasteiger partial charge is 0.410 e. The minimum Gasteiger partial charge on any atom is -0.444 e. The van der Waals surface area contributed by atoms with Crippen LogP contribution in [-0.2, 0) is 11.3 Å². The van der Waals surface area contributed by atoms with Crippen molar-refractivity contribution in [2.24, 2.45) is 5.41 Å². The van der Waals surface area contributed by atoms with Crippen LogP contribution in [0.3, 0.4) is 0 Å². The van der Waals surface area contributed by atoms with Gasteiger partial charge in [-0.25, -0.2) is 4.79 Å². The number of nitrogens with zero attached hydrogens (tertiary/aromatic N) is 3. The van der Waals surface area contributed by atoms with Gasteiger partial charge in [0.15, 0.2) is 0 Å². The molecule has 2 rings (SSSR count). The summed E-state index contributed by atoms with van der Waals surface area (Å²) in [5.41, 5.74) is -2.83. The van der Waals surface area contributed by atoms with E-state index >= 15 is 0 Å². The van der Waals surface area contributed by atoms with Crippen LogP contribution < -0.4 is 5.56 Å². The van der Waals surface area contributed by atoms with Crippen LogP contribution in [0.15, 0.2) is 17.1 Å². The van der Waals surface area contributed by atoms with E-state index in [1.807, 2.05) is 27.7 Å². The zero-order valence-corrected chi connectivity index (χ0v) is 21.1. The van der Waals surface area contributed by atoms with E-state index in [2.05, 4.69) is 0 Å². The maximum Gasteiger partial charge on any atom is 0.410 e. The number of ether oxygens (including phenoxy) is 1. The van der Waals surface area contributed by atoms with Crippen LogP contribution in [0.5, 0.6) is 0 Å². The second-order valence-corrected chi connectivity index (χ2v) is 11.0. The Morgan fingerprint density at radius 3 is 2.41 bits per heavy atom. The van der Waals surface area contributed by atoms with Crippen molar-refractivity contribution >= 4 is 23.6 Å². The number of halogens is 1. The zero-order valence-electron chi connectivity index (χ0n) is 20.4. The molecule has 2 amide bonds. The highest BCUT2D eigenvalue weighted by Gasteiger charge is 2.49. The number of hydrogen-bond donors (Lipinski definition) is 1. The topological polar surface area (TPSA) is 92.1 Å². The molecule has 9 heteroatoms. The maximum atomic E-state index is 12.8. The van der Waals surface area contributed by atoms with Crippen molar-refractivity contribution in [3.8, 4) is 0 Å². The Hall–Kier alpha value is -2.06. The molecule has 1 fully saturated rings. The van der Waals surface area contributed by atoms with Crippen LogP contribution in [-0.4, -0.2) is 68.9 Å². The van der Waals surface area contributed by atoms with Gasteiger partial charge < -0.3 is 24.2 Å². The van der Waals surface area contributed by atoms with E-state index in [4.69, 9.17) is 16.3 Å². The van der Waals surface area contributed by atoms with E-state index < -0.39 is 28.3 Å². The van der Waals surface area contributed by atoms with Crippen LogP contribution in [0, 0.1) is 5.41 Å². The van der Waals surface area contributed by atoms with Gasteiger partial charge in [-0.15, -0.1) is 0 Å². The summed E-state index contributed by atoms with van der Waals surface area (Å²) in [7, 11) is 1.67. The summed E-state index contributed by atoms with van der Waals surface area (Å²) in [6.45, 7) is 13.4. The summed E-state index contributed by atoms with van der Waals surface area (Å²) >= 11 is 6.20. The molecule has 1 aliphatic heterocycles. The molecule has 180 valence electrons. The monoisotopic (exact) mass is 469 g/mol. The first kappa shape index (κ1) is 26.2. The third-order valence-corrected chi connectivity index (χ3v) is 6.44. The lowest BCUT2D eigenvalue weighted by Gasteiger charge is -2.50. The van der Waals surface area contributed by atoms with Gasteiger partial charge in [-0.2, -0.15) is 0 Å². The number of rotatable bonds is 4. The Morgan fingerprint density at radius 2 is 1.91 bits per heavy atom. The largest absolute Gasteiger partial charge is 0.444 e. The Balaban J connectivity index is 2.30. The van der Waals surface area contributed by atoms with Gasteiger partial charge in [0.05, 0.1) is 22.7 Å². The molecule has 8 nitrogen and oxygen atoms in total. The molecule has 1 aromatic heterocycles. The van der Waals surface area contributed by atoms with Gasteiger partial charge in [0.1, 0.15) is 5.60 Å². The van der Waals surface area contributed by atoms with Crippen LogP contribution in [0.25, 0.3) is 0 Å². The molecule has 1 aromatic rings. The zero-order chi connectivity index (χ0) is 24.6. The Labute approximate surface area is 195 Å². The highest BCUT2D eigenvalue weighted by atomic mass is 35.5. The minimum absolute atomic E-state index is 0.0240. The first-order valence-electron chi connectivity index (χ1n) is 10.8. The molecule has 1 atom stereocenters. The number of likely N-dealkylation sites (tertiary alicyclic amines) is 1. The molecule has 0 aromatic carbocycles. The fraction of sp³-hybridized carbons (Fsp3) is 0.696. The van der Waals surface area contributed by atoms with Gasteiger partial charge in [-0.3, -0.25) is 9.59 Å². The van der Waals surface area contributed by atoms with Crippen molar-refractivity contribution in [3.05, 3.63) is 33.2 Å². The van der Waals surface area contributed by atoms with Crippen molar-refractivity contribution in [2.45, 2.75) is 78.7 Å². The Kier molecular flexibility index (Phi) is 7.42. The summed E-state index contributed by atoms with van der Waals surface area (Å²) in [4.78, 5) is 41.1. The lowest BCUT2D eigenvalue weighted by Crippen LogP contribution is -2.61. The van der Waals surface area contributed by atoms with Gasteiger partial charge in [-0.05, 0) is 41.0 Å².